The van der Waals surface area contributed by atoms with Crippen LogP contribution in [0.3, 0.4) is 0 Å². The van der Waals surface area contributed by atoms with E-state index >= 15 is 0 Å². The molecule has 0 saturated heterocycles. The zero-order valence-corrected chi connectivity index (χ0v) is 13.1. The predicted octanol–water partition coefficient (Wildman–Crippen LogP) is 1.81. The Bertz CT molecular complexity index is 857. The van der Waals surface area contributed by atoms with Crippen molar-refractivity contribution in [2.24, 2.45) is 0 Å². The Labute approximate surface area is 128 Å². The van der Waals surface area contributed by atoms with E-state index in [9.17, 15) is 13.2 Å². The largest absolute Gasteiger partial charge is 0.497 e. The highest BCUT2D eigenvalue weighted by molar-refractivity contribution is 7.89. The first-order chi connectivity index (χ1) is 10.4. The number of amides is 1. The summed E-state index contributed by atoms with van der Waals surface area (Å²) in [6.07, 6.45) is 3.04. The number of fused-ring (bicyclic) bond motifs is 1. The summed E-state index contributed by atoms with van der Waals surface area (Å²) < 4.78 is 29.9. The van der Waals surface area contributed by atoms with Crippen LogP contribution in [0.1, 0.15) is 34.8 Å². The molecule has 0 radical (unpaired) electrons. The molecule has 1 amide bonds. The first-order valence-corrected chi connectivity index (χ1v) is 8.77. The summed E-state index contributed by atoms with van der Waals surface area (Å²) in [5, 5.41) is 0.574. The van der Waals surface area contributed by atoms with E-state index < -0.39 is 15.9 Å². The summed E-state index contributed by atoms with van der Waals surface area (Å²) >= 11 is 0. The molecule has 3 rings (SSSR count). The van der Waals surface area contributed by atoms with E-state index in [-0.39, 0.29) is 0 Å². The summed E-state index contributed by atoms with van der Waals surface area (Å²) in [7, 11) is -2.09. The molecule has 0 atom stereocenters. The molecule has 22 heavy (non-hydrogen) atoms. The molecule has 0 bridgehead atoms. The summed E-state index contributed by atoms with van der Waals surface area (Å²) in [5.74, 6) is 0.295. The monoisotopic (exact) mass is 320 g/mol. The summed E-state index contributed by atoms with van der Waals surface area (Å²) in [5.41, 5.74) is 1.79. The van der Waals surface area contributed by atoms with Gasteiger partial charge >= 0.3 is 0 Å². The number of nitrogens with one attached hydrogen (secondary N) is 1. The Kier molecular flexibility index (Phi) is 3.52. The molecular weight excluding hydrogens is 304 g/mol. The van der Waals surface area contributed by atoms with Crippen LogP contribution in [0.5, 0.6) is 5.75 Å². The molecule has 0 spiro atoms. The lowest BCUT2D eigenvalue weighted by Crippen LogP contribution is -2.29. The van der Waals surface area contributed by atoms with E-state index in [1.54, 1.807) is 24.3 Å². The first-order valence-electron chi connectivity index (χ1n) is 6.88. The standard InChI is InChI=1S/C15H16N2O4S/c1-21-10-5-6-13-11(7-10)12(15(18)17-22(2,19)20)8-14(16-13)9-3-4-9/h5-9H,3-4H2,1-2H3,(H,17,18). The SMILES string of the molecule is COc1ccc2nc(C3CC3)cc(C(=O)NS(C)(=O)=O)c2c1. The van der Waals surface area contributed by atoms with Crippen molar-refractivity contribution in [1.29, 1.82) is 0 Å². The van der Waals surface area contributed by atoms with Gasteiger partial charge in [-0.25, -0.2) is 13.1 Å². The number of methoxy groups -OCH3 is 1. The maximum Gasteiger partial charge on any atom is 0.265 e. The fourth-order valence-electron chi connectivity index (χ4n) is 2.35. The van der Waals surface area contributed by atoms with Gasteiger partial charge in [0.2, 0.25) is 10.0 Å². The lowest BCUT2D eigenvalue weighted by atomic mass is 10.1. The van der Waals surface area contributed by atoms with Crippen molar-refractivity contribution in [3.8, 4) is 5.75 Å². The number of benzene rings is 1. The first kappa shape index (κ1) is 14.8. The van der Waals surface area contributed by atoms with Crippen molar-refractivity contribution in [2.45, 2.75) is 18.8 Å². The lowest BCUT2D eigenvalue weighted by Gasteiger charge is -2.10. The van der Waals surface area contributed by atoms with Crippen molar-refractivity contribution < 1.29 is 17.9 Å². The van der Waals surface area contributed by atoms with Crippen LogP contribution in [0, 0.1) is 0 Å². The third kappa shape index (κ3) is 3.04. The van der Waals surface area contributed by atoms with Gasteiger partial charge in [-0.05, 0) is 37.1 Å². The molecule has 116 valence electrons. The smallest absolute Gasteiger partial charge is 0.265 e. The molecule has 1 N–H and O–H groups in total. The molecule has 1 fully saturated rings. The quantitative estimate of drug-likeness (QED) is 0.928. The molecule has 1 saturated carbocycles. The average Bonchev–Trinajstić information content (AvgIpc) is 3.28. The van der Waals surface area contributed by atoms with Crippen LogP contribution < -0.4 is 9.46 Å². The fraction of sp³-hybridized carbons (Fsp3) is 0.333. The highest BCUT2D eigenvalue weighted by Crippen LogP contribution is 2.40. The molecule has 1 aromatic carbocycles. The molecule has 0 unspecified atom stereocenters. The van der Waals surface area contributed by atoms with Gasteiger partial charge in [0.25, 0.3) is 5.91 Å². The summed E-state index contributed by atoms with van der Waals surface area (Å²) in [6, 6.07) is 6.91. The number of ether oxygens (including phenoxy) is 1. The van der Waals surface area contributed by atoms with E-state index in [0.717, 1.165) is 24.8 Å². The second-order valence-electron chi connectivity index (χ2n) is 5.46. The number of carbonyl (C=O) groups excluding carboxylic acids is 1. The van der Waals surface area contributed by atoms with Gasteiger partial charge in [0.15, 0.2) is 0 Å². The number of hydrogen-bond acceptors (Lipinski definition) is 5. The van der Waals surface area contributed by atoms with Crippen LogP contribution in [0.15, 0.2) is 24.3 Å². The second-order valence-corrected chi connectivity index (χ2v) is 7.20. The van der Waals surface area contributed by atoms with Crippen LogP contribution in [-0.4, -0.2) is 32.7 Å². The van der Waals surface area contributed by atoms with Gasteiger partial charge < -0.3 is 4.74 Å². The Morgan fingerprint density at radius 3 is 2.64 bits per heavy atom. The number of carbonyl (C=O) groups is 1. The number of nitrogens with zero attached hydrogens (tertiary/aromatic N) is 1. The molecular formula is C15H16N2O4S. The van der Waals surface area contributed by atoms with E-state index in [0.29, 0.717) is 28.1 Å². The van der Waals surface area contributed by atoms with E-state index in [4.69, 9.17) is 4.74 Å². The van der Waals surface area contributed by atoms with Gasteiger partial charge in [-0.3, -0.25) is 9.78 Å². The maximum atomic E-state index is 12.3. The zero-order chi connectivity index (χ0) is 15.9. The van der Waals surface area contributed by atoms with Crippen molar-refractivity contribution in [2.75, 3.05) is 13.4 Å². The molecule has 1 aromatic heterocycles. The molecule has 6 nitrogen and oxygen atoms in total. The molecule has 2 aromatic rings. The van der Waals surface area contributed by atoms with Crippen molar-refractivity contribution in [3.05, 3.63) is 35.5 Å². The highest BCUT2D eigenvalue weighted by atomic mass is 32.2. The van der Waals surface area contributed by atoms with Crippen molar-refractivity contribution in [1.82, 2.24) is 9.71 Å². The van der Waals surface area contributed by atoms with Crippen LogP contribution >= 0.6 is 0 Å². The Morgan fingerprint density at radius 2 is 2.05 bits per heavy atom. The third-order valence-electron chi connectivity index (χ3n) is 3.55. The van der Waals surface area contributed by atoms with E-state index in [2.05, 4.69) is 4.98 Å². The minimum absolute atomic E-state index is 0.302. The van der Waals surface area contributed by atoms with Crippen molar-refractivity contribution in [3.63, 3.8) is 0 Å². The zero-order valence-electron chi connectivity index (χ0n) is 12.3. The minimum Gasteiger partial charge on any atom is -0.497 e. The number of rotatable bonds is 4. The van der Waals surface area contributed by atoms with Gasteiger partial charge in [0.1, 0.15) is 5.75 Å². The van der Waals surface area contributed by atoms with Gasteiger partial charge in [-0.1, -0.05) is 0 Å². The van der Waals surface area contributed by atoms with E-state index in [1.807, 2.05) is 4.72 Å². The highest BCUT2D eigenvalue weighted by Gasteiger charge is 2.27. The Hall–Kier alpha value is -2.15. The minimum atomic E-state index is -3.62. The van der Waals surface area contributed by atoms with Crippen LogP contribution in [-0.2, 0) is 10.0 Å². The number of sulfonamides is 1. The van der Waals surface area contributed by atoms with E-state index in [1.165, 1.54) is 7.11 Å². The van der Waals surface area contributed by atoms with Gasteiger partial charge in [0.05, 0.1) is 24.4 Å². The average molecular weight is 320 g/mol. The Morgan fingerprint density at radius 1 is 1.32 bits per heavy atom. The topological polar surface area (TPSA) is 85.4 Å². The maximum absolute atomic E-state index is 12.3. The number of aromatic nitrogens is 1. The van der Waals surface area contributed by atoms with Gasteiger partial charge in [-0.15, -0.1) is 0 Å². The number of pyridine rings is 1. The van der Waals surface area contributed by atoms with Gasteiger partial charge in [-0.2, -0.15) is 0 Å². The summed E-state index contributed by atoms with van der Waals surface area (Å²) in [6.45, 7) is 0. The fourth-order valence-corrected chi connectivity index (χ4v) is 2.80. The normalized spacial score (nSPS) is 14.8. The van der Waals surface area contributed by atoms with Crippen molar-refractivity contribution >= 4 is 26.8 Å². The molecule has 1 aliphatic carbocycles. The predicted molar refractivity (Wildman–Crippen MR) is 82.6 cm³/mol. The third-order valence-corrected chi connectivity index (χ3v) is 4.11. The lowest BCUT2D eigenvalue weighted by molar-refractivity contribution is 0.0983. The summed E-state index contributed by atoms with van der Waals surface area (Å²) in [4.78, 5) is 16.9. The molecule has 7 heteroatoms. The van der Waals surface area contributed by atoms with Crippen LogP contribution in [0.2, 0.25) is 0 Å². The van der Waals surface area contributed by atoms with Crippen LogP contribution in [0.25, 0.3) is 10.9 Å². The molecule has 1 heterocycles. The van der Waals surface area contributed by atoms with Gasteiger partial charge in [0, 0.05) is 17.0 Å². The second kappa shape index (κ2) is 5.24. The number of hydrogen-bond donors (Lipinski definition) is 1. The molecule has 1 aliphatic rings. The Balaban J connectivity index is 2.17. The molecule has 0 aliphatic heterocycles. The van der Waals surface area contributed by atoms with Crippen LogP contribution in [0.4, 0.5) is 0 Å².